The van der Waals surface area contributed by atoms with Crippen molar-refractivity contribution in [1.82, 2.24) is 14.9 Å². The Bertz CT molecular complexity index is 728. The number of alkyl halides is 3. The molecule has 0 spiro atoms. The van der Waals surface area contributed by atoms with E-state index in [0.717, 1.165) is 11.1 Å². The second kappa shape index (κ2) is 7.58. The molecular weight excluding hydrogens is 339 g/mol. The Hall–Kier alpha value is -2.21. The lowest BCUT2D eigenvalue weighted by Gasteiger charge is -2.37. The van der Waals surface area contributed by atoms with Crippen LogP contribution in [0.5, 0.6) is 0 Å². The zero-order chi connectivity index (χ0) is 18.7. The lowest BCUT2D eigenvalue weighted by atomic mass is 9.99. The fourth-order valence-electron chi connectivity index (χ4n) is 3.60. The van der Waals surface area contributed by atoms with E-state index in [1.54, 1.807) is 24.5 Å². The van der Waals surface area contributed by atoms with Crippen LogP contribution in [0, 0.1) is 13.8 Å². The van der Waals surface area contributed by atoms with Crippen LogP contribution < -0.4 is 0 Å². The average Bonchev–Trinajstić information content (AvgIpc) is 2.77. The molecule has 0 aromatic carbocycles. The maximum Gasteiger partial charge on any atom is 0.401 e. The van der Waals surface area contributed by atoms with Gasteiger partial charge in [-0.25, -0.2) is 0 Å². The first-order valence-corrected chi connectivity index (χ1v) is 8.67. The molecule has 3 rings (SSSR count). The van der Waals surface area contributed by atoms with Gasteiger partial charge in [-0.3, -0.25) is 14.9 Å². The van der Waals surface area contributed by atoms with E-state index in [1.165, 1.54) is 4.90 Å². The predicted molar refractivity (Wildman–Crippen MR) is 94.6 cm³/mol. The van der Waals surface area contributed by atoms with E-state index in [0.29, 0.717) is 24.2 Å². The van der Waals surface area contributed by atoms with Crippen LogP contribution >= 0.6 is 0 Å². The van der Waals surface area contributed by atoms with Crippen molar-refractivity contribution < 1.29 is 13.2 Å². The Morgan fingerprint density at radius 1 is 0.923 bits per heavy atom. The van der Waals surface area contributed by atoms with Crippen molar-refractivity contribution in [2.75, 3.05) is 6.54 Å². The SMILES string of the molecule is Cc1cccnc1C1CC=CCC(c2ncccc2C)N1CC(F)(F)F. The standard InChI is InChI=1S/C20H22F3N3/c1-14-7-5-11-24-18(14)16-9-3-4-10-17(26(16)13-20(21,22)23)19-15(2)8-6-12-25-19/h3-8,11-12,16-17H,9-10,13H2,1-2H3. The van der Waals surface area contributed by atoms with E-state index in [9.17, 15) is 13.2 Å². The molecule has 0 aliphatic carbocycles. The molecule has 1 aliphatic rings. The Labute approximate surface area is 151 Å². The summed E-state index contributed by atoms with van der Waals surface area (Å²) in [5, 5.41) is 0. The molecule has 1 aliphatic heterocycles. The highest BCUT2D eigenvalue weighted by Crippen LogP contribution is 2.40. The Kier molecular flexibility index (Phi) is 5.41. The molecule has 0 N–H and O–H groups in total. The molecular formula is C20H22F3N3. The second-order valence-corrected chi connectivity index (χ2v) is 6.67. The van der Waals surface area contributed by atoms with Gasteiger partial charge < -0.3 is 0 Å². The van der Waals surface area contributed by atoms with Gasteiger partial charge in [0.05, 0.1) is 30.0 Å². The van der Waals surface area contributed by atoms with Crippen LogP contribution in [0.2, 0.25) is 0 Å². The highest BCUT2D eigenvalue weighted by molar-refractivity contribution is 5.27. The number of halogens is 3. The van der Waals surface area contributed by atoms with Crippen molar-refractivity contribution in [1.29, 1.82) is 0 Å². The molecule has 2 aromatic heterocycles. The van der Waals surface area contributed by atoms with Crippen LogP contribution in [0.3, 0.4) is 0 Å². The molecule has 0 saturated carbocycles. The molecule has 2 unspecified atom stereocenters. The first-order chi connectivity index (χ1) is 12.4. The Morgan fingerprint density at radius 2 is 1.38 bits per heavy atom. The fraction of sp³-hybridized carbons (Fsp3) is 0.400. The van der Waals surface area contributed by atoms with E-state index in [-0.39, 0.29) is 0 Å². The number of nitrogens with zero attached hydrogens (tertiary/aromatic N) is 3. The normalized spacial score (nSPS) is 21.6. The second-order valence-electron chi connectivity index (χ2n) is 6.67. The van der Waals surface area contributed by atoms with Crippen LogP contribution in [-0.4, -0.2) is 27.6 Å². The molecule has 2 aromatic rings. The molecule has 138 valence electrons. The van der Waals surface area contributed by atoms with E-state index in [2.05, 4.69) is 9.97 Å². The fourth-order valence-corrected chi connectivity index (χ4v) is 3.60. The number of aromatic nitrogens is 2. The van der Waals surface area contributed by atoms with Crippen LogP contribution in [0.25, 0.3) is 0 Å². The van der Waals surface area contributed by atoms with Gasteiger partial charge in [0.2, 0.25) is 0 Å². The summed E-state index contributed by atoms with van der Waals surface area (Å²) in [6, 6.07) is 6.51. The van der Waals surface area contributed by atoms with Crippen molar-refractivity contribution in [2.24, 2.45) is 0 Å². The zero-order valence-electron chi connectivity index (χ0n) is 14.9. The molecule has 3 heterocycles. The van der Waals surface area contributed by atoms with E-state index in [1.807, 2.05) is 38.1 Å². The largest absolute Gasteiger partial charge is 0.401 e. The van der Waals surface area contributed by atoms with Crippen LogP contribution in [0.1, 0.15) is 47.4 Å². The Balaban J connectivity index is 2.09. The highest BCUT2D eigenvalue weighted by atomic mass is 19.4. The highest BCUT2D eigenvalue weighted by Gasteiger charge is 2.40. The third-order valence-electron chi connectivity index (χ3n) is 4.78. The van der Waals surface area contributed by atoms with Crippen molar-refractivity contribution in [2.45, 2.75) is 44.9 Å². The van der Waals surface area contributed by atoms with Crippen LogP contribution in [0.4, 0.5) is 13.2 Å². The Morgan fingerprint density at radius 3 is 1.77 bits per heavy atom. The summed E-state index contributed by atoms with van der Waals surface area (Å²) in [5.41, 5.74) is 3.19. The smallest absolute Gasteiger partial charge is 0.277 e. The van der Waals surface area contributed by atoms with E-state index < -0.39 is 24.8 Å². The van der Waals surface area contributed by atoms with Gasteiger partial charge in [-0.2, -0.15) is 13.2 Å². The van der Waals surface area contributed by atoms with Gasteiger partial charge in [0.25, 0.3) is 0 Å². The van der Waals surface area contributed by atoms with Gasteiger partial charge in [-0.15, -0.1) is 0 Å². The minimum atomic E-state index is -4.30. The van der Waals surface area contributed by atoms with Gasteiger partial charge in [0.1, 0.15) is 0 Å². The molecule has 0 radical (unpaired) electrons. The molecule has 0 saturated heterocycles. The van der Waals surface area contributed by atoms with E-state index in [4.69, 9.17) is 0 Å². The summed E-state index contributed by atoms with van der Waals surface area (Å²) < 4.78 is 40.3. The van der Waals surface area contributed by atoms with Crippen molar-refractivity contribution >= 4 is 0 Å². The molecule has 2 atom stereocenters. The lowest BCUT2D eigenvalue weighted by Crippen LogP contribution is -2.40. The predicted octanol–water partition coefficient (Wildman–Crippen LogP) is 5.09. The summed E-state index contributed by atoms with van der Waals surface area (Å²) >= 11 is 0. The summed E-state index contributed by atoms with van der Waals surface area (Å²) in [6.07, 6.45) is 3.90. The quantitative estimate of drug-likeness (QED) is 0.713. The van der Waals surface area contributed by atoms with Gasteiger partial charge in [0.15, 0.2) is 0 Å². The third-order valence-corrected chi connectivity index (χ3v) is 4.78. The number of hydrogen-bond donors (Lipinski definition) is 0. The topological polar surface area (TPSA) is 29.0 Å². The zero-order valence-corrected chi connectivity index (χ0v) is 14.9. The lowest BCUT2D eigenvalue weighted by molar-refractivity contribution is -0.157. The van der Waals surface area contributed by atoms with Crippen LogP contribution in [0.15, 0.2) is 48.8 Å². The number of aryl methyl sites for hydroxylation is 2. The molecule has 3 nitrogen and oxygen atoms in total. The number of hydrogen-bond acceptors (Lipinski definition) is 3. The van der Waals surface area contributed by atoms with Gasteiger partial charge in [-0.05, 0) is 49.9 Å². The monoisotopic (exact) mass is 361 g/mol. The first-order valence-electron chi connectivity index (χ1n) is 8.67. The van der Waals surface area contributed by atoms with Crippen molar-refractivity contribution in [3.63, 3.8) is 0 Å². The minimum absolute atomic E-state index is 0.442. The first kappa shape index (κ1) is 18.6. The molecule has 6 heteroatoms. The molecule has 26 heavy (non-hydrogen) atoms. The summed E-state index contributed by atoms with van der Waals surface area (Å²) in [6.45, 7) is 2.80. The van der Waals surface area contributed by atoms with Crippen molar-refractivity contribution in [3.8, 4) is 0 Å². The minimum Gasteiger partial charge on any atom is -0.277 e. The van der Waals surface area contributed by atoms with Gasteiger partial charge in [-0.1, -0.05) is 24.3 Å². The number of pyridine rings is 2. The van der Waals surface area contributed by atoms with Gasteiger partial charge >= 0.3 is 6.18 Å². The van der Waals surface area contributed by atoms with Crippen LogP contribution in [-0.2, 0) is 0 Å². The third kappa shape index (κ3) is 4.12. The maximum absolute atomic E-state index is 13.4. The van der Waals surface area contributed by atoms with Crippen molar-refractivity contribution in [3.05, 3.63) is 71.3 Å². The summed E-state index contributed by atoms with van der Waals surface area (Å²) in [7, 11) is 0. The van der Waals surface area contributed by atoms with Gasteiger partial charge in [0, 0.05) is 12.4 Å². The average molecular weight is 361 g/mol. The molecule has 0 fully saturated rings. The maximum atomic E-state index is 13.4. The summed E-state index contributed by atoms with van der Waals surface area (Å²) in [5.74, 6) is 0. The summed E-state index contributed by atoms with van der Waals surface area (Å²) in [4.78, 5) is 10.3. The number of rotatable bonds is 3. The molecule has 0 bridgehead atoms. The molecule has 0 amide bonds. The van der Waals surface area contributed by atoms with E-state index >= 15 is 0 Å².